The molecular formula is C18H17Cl2FN4O5. The van der Waals surface area contributed by atoms with Gasteiger partial charge in [0.2, 0.25) is 6.86 Å². The summed E-state index contributed by atoms with van der Waals surface area (Å²) >= 11 is 11.9. The normalized spacial score (nSPS) is 25.0. The molecule has 9 nitrogen and oxygen atoms in total. The van der Waals surface area contributed by atoms with E-state index in [-0.39, 0.29) is 10.8 Å². The number of fused-ring (bicyclic) bond motifs is 1. The summed E-state index contributed by atoms with van der Waals surface area (Å²) in [6.07, 6.45) is -3.45. The summed E-state index contributed by atoms with van der Waals surface area (Å²) in [6.45, 7) is -1.06. The predicted molar refractivity (Wildman–Crippen MR) is 106 cm³/mol. The topological polar surface area (TPSA) is 122 Å². The molecule has 0 unspecified atom stereocenters. The van der Waals surface area contributed by atoms with Crippen molar-refractivity contribution >= 4 is 40.1 Å². The highest BCUT2D eigenvalue weighted by atomic mass is 35.5. The van der Waals surface area contributed by atoms with Gasteiger partial charge in [-0.15, -0.1) is 0 Å². The molecule has 160 valence electrons. The van der Waals surface area contributed by atoms with Crippen LogP contribution in [0.3, 0.4) is 0 Å². The zero-order valence-electron chi connectivity index (χ0n) is 15.2. The van der Waals surface area contributed by atoms with Crippen LogP contribution in [0, 0.1) is 0 Å². The Kier molecular flexibility index (Phi) is 6.07. The quantitative estimate of drug-likeness (QED) is 0.415. The van der Waals surface area contributed by atoms with E-state index in [1.165, 1.54) is 23.0 Å². The Morgan fingerprint density at radius 2 is 2.00 bits per heavy atom. The summed E-state index contributed by atoms with van der Waals surface area (Å²) in [5.41, 5.74) is 3.08. The maximum absolute atomic E-state index is 12.3. The number of benzene rings is 1. The number of halogens is 3. The van der Waals surface area contributed by atoms with Gasteiger partial charge in [-0.2, -0.15) is 0 Å². The Hall–Kier alpha value is -2.05. The second-order valence-corrected chi connectivity index (χ2v) is 7.44. The van der Waals surface area contributed by atoms with Gasteiger partial charge in [-0.25, -0.2) is 24.7 Å². The molecule has 1 saturated heterocycles. The van der Waals surface area contributed by atoms with Crippen LogP contribution < -0.4 is 5.48 Å². The van der Waals surface area contributed by atoms with E-state index in [1.54, 1.807) is 18.3 Å². The summed E-state index contributed by atoms with van der Waals surface area (Å²) in [5.74, 6) is 0.219. The van der Waals surface area contributed by atoms with Gasteiger partial charge in [0, 0.05) is 6.20 Å². The molecule has 1 aliphatic rings. The van der Waals surface area contributed by atoms with Gasteiger partial charge in [-0.3, -0.25) is 0 Å². The van der Waals surface area contributed by atoms with Crippen LogP contribution in [0.5, 0.6) is 0 Å². The largest absolute Gasteiger partial charge is 0.387 e. The molecule has 0 bridgehead atoms. The molecule has 12 heteroatoms. The first-order valence-corrected chi connectivity index (χ1v) is 9.58. The van der Waals surface area contributed by atoms with Crippen molar-refractivity contribution in [1.29, 1.82) is 0 Å². The third-order valence-electron chi connectivity index (χ3n) is 4.88. The van der Waals surface area contributed by atoms with Gasteiger partial charge in [0.1, 0.15) is 36.4 Å². The zero-order chi connectivity index (χ0) is 21.4. The fourth-order valence-corrected chi connectivity index (χ4v) is 3.72. The van der Waals surface area contributed by atoms with Crippen LogP contribution in [0.1, 0.15) is 17.9 Å². The maximum atomic E-state index is 12.3. The summed E-state index contributed by atoms with van der Waals surface area (Å²) < 4.78 is 19.6. The van der Waals surface area contributed by atoms with Crippen molar-refractivity contribution in [2.45, 2.75) is 30.6 Å². The van der Waals surface area contributed by atoms with Crippen molar-refractivity contribution < 1.29 is 29.3 Å². The van der Waals surface area contributed by atoms with E-state index in [4.69, 9.17) is 27.9 Å². The van der Waals surface area contributed by atoms with Crippen molar-refractivity contribution in [3.05, 3.63) is 52.4 Å². The highest BCUT2D eigenvalue weighted by Gasteiger charge is 2.47. The molecule has 4 N–H and O–H groups in total. The third-order valence-corrected chi connectivity index (χ3v) is 5.62. The van der Waals surface area contributed by atoms with Gasteiger partial charge in [0.05, 0.1) is 15.4 Å². The number of nitrogens with one attached hydrogen (secondary N) is 1. The van der Waals surface area contributed by atoms with Crippen LogP contribution in [0.15, 0.2) is 36.8 Å². The van der Waals surface area contributed by atoms with Crippen LogP contribution in [0.25, 0.3) is 11.0 Å². The van der Waals surface area contributed by atoms with E-state index in [0.29, 0.717) is 21.6 Å². The zero-order valence-corrected chi connectivity index (χ0v) is 16.7. The molecule has 30 heavy (non-hydrogen) atoms. The highest BCUT2D eigenvalue weighted by Crippen LogP contribution is 2.38. The second-order valence-electron chi connectivity index (χ2n) is 6.63. The molecule has 0 saturated carbocycles. The van der Waals surface area contributed by atoms with Crippen molar-refractivity contribution in [3.63, 3.8) is 0 Å². The Morgan fingerprint density at radius 3 is 2.73 bits per heavy atom. The van der Waals surface area contributed by atoms with E-state index in [2.05, 4.69) is 20.3 Å². The van der Waals surface area contributed by atoms with E-state index in [1.807, 2.05) is 0 Å². The minimum Gasteiger partial charge on any atom is -0.387 e. The Bertz CT molecular complexity index is 1050. The van der Waals surface area contributed by atoms with Crippen molar-refractivity contribution in [2.24, 2.45) is 0 Å². The van der Waals surface area contributed by atoms with Gasteiger partial charge < -0.3 is 24.6 Å². The van der Waals surface area contributed by atoms with Crippen LogP contribution in [0.4, 0.5) is 10.2 Å². The maximum Gasteiger partial charge on any atom is 0.214 e. The van der Waals surface area contributed by atoms with Gasteiger partial charge in [-0.1, -0.05) is 29.3 Å². The standard InChI is InChI=1S/C18H17Cl2FN4O5/c19-10-2-1-8(5-11(10)20)12(26)15-13(27)14(28)18(30-15)25-4-3-9-16(24-29-6-21)22-7-23-17(9)25/h1-5,7,12-15,18,26-28H,6H2,(H,22,23,24)/t12-,13+,14-,15-,18-/m1/s1. The van der Waals surface area contributed by atoms with E-state index >= 15 is 0 Å². The van der Waals surface area contributed by atoms with Crippen LogP contribution in [-0.4, -0.2) is 55.0 Å². The van der Waals surface area contributed by atoms with Crippen molar-refractivity contribution in [3.8, 4) is 0 Å². The second kappa shape index (κ2) is 8.60. The molecule has 2 aromatic heterocycles. The van der Waals surface area contributed by atoms with Gasteiger partial charge in [-0.05, 0) is 23.8 Å². The summed E-state index contributed by atoms with van der Waals surface area (Å²) in [7, 11) is 0. The van der Waals surface area contributed by atoms with E-state index in [9.17, 15) is 19.7 Å². The number of alkyl halides is 1. The number of aliphatic hydroxyl groups is 3. The molecule has 1 aliphatic heterocycles. The number of hydrogen-bond acceptors (Lipinski definition) is 8. The van der Waals surface area contributed by atoms with Crippen LogP contribution in [0.2, 0.25) is 10.0 Å². The molecule has 3 heterocycles. The van der Waals surface area contributed by atoms with E-state index < -0.39 is 37.5 Å². The third kappa shape index (κ3) is 3.71. The van der Waals surface area contributed by atoms with Crippen molar-refractivity contribution in [1.82, 2.24) is 14.5 Å². The molecule has 3 aromatic rings. The first-order chi connectivity index (χ1) is 14.4. The monoisotopic (exact) mass is 458 g/mol. The lowest BCUT2D eigenvalue weighted by Crippen LogP contribution is -2.34. The van der Waals surface area contributed by atoms with Crippen molar-refractivity contribution in [2.75, 3.05) is 12.3 Å². The number of aromatic nitrogens is 3. The first kappa shape index (κ1) is 21.2. The molecular weight excluding hydrogens is 442 g/mol. The van der Waals surface area contributed by atoms with Gasteiger partial charge in [0.25, 0.3) is 0 Å². The molecule has 0 radical (unpaired) electrons. The molecule has 0 amide bonds. The summed E-state index contributed by atoms with van der Waals surface area (Å²) in [5, 5.41) is 32.8. The predicted octanol–water partition coefficient (Wildman–Crippen LogP) is 2.36. The number of aliphatic hydroxyl groups excluding tert-OH is 3. The lowest BCUT2D eigenvalue weighted by Gasteiger charge is -2.21. The molecule has 4 rings (SSSR count). The average Bonchev–Trinajstić information content (AvgIpc) is 3.30. The molecule has 1 aromatic carbocycles. The Labute approximate surface area is 179 Å². The summed E-state index contributed by atoms with van der Waals surface area (Å²) in [6, 6.07) is 6.15. The first-order valence-electron chi connectivity index (χ1n) is 8.82. The number of nitrogens with zero attached hydrogens (tertiary/aromatic N) is 3. The molecule has 5 atom stereocenters. The number of anilines is 1. The lowest BCUT2D eigenvalue weighted by molar-refractivity contribution is -0.0848. The highest BCUT2D eigenvalue weighted by molar-refractivity contribution is 6.42. The molecule has 1 fully saturated rings. The fourth-order valence-electron chi connectivity index (χ4n) is 3.42. The molecule has 0 spiro atoms. The van der Waals surface area contributed by atoms with E-state index in [0.717, 1.165) is 0 Å². The smallest absolute Gasteiger partial charge is 0.214 e. The van der Waals surface area contributed by atoms with Crippen LogP contribution in [-0.2, 0) is 9.57 Å². The van der Waals surface area contributed by atoms with Crippen LogP contribution >= 0.6 is 23.2 Å². The minimum atomic E-state index is -1.40. The molecule has 0 aliphatic carbocycles. The Morgan fingerprint density at radius 1 is 1.20 bits per heavy atom. The lowest BCUT2D eigenvalue weighted by atomic mass is 9.99. The summed E-state index contributed by atoms with van der Waals surface area (Å²) in [4.78, 5) is 12.7. The number of ether oxygens (including phenoxy) is 1. The average molecular weight is 459 g/mol. The van der Waals surface area contributed by atoms with Gasteiger partial charge >= 0.3 is 0 Å². The fraction of sp³-hybridized carbons (Fsp3) is 0.333. The SMILES string of the molecule is O[C@@H]1[C@H](O)[C@@H]([C@H](O)c2ccc(Cl)c(Cl)c2)O[C@H]1n1ccc2c(NOCF)ncnc21. The number of hydrogen-bond donors (Lipinski definition) is 4. The Balaban J connectivity index is 1.62. The van der Waals surface area contributed by atoms with Gasteiger partial charge in [0.15, 0.2) is 12.0 Å². The number of rotatable bonds is 6. The minimum absolute atomic E-state index is 0.219.